The molecular weight excluding hydrogens is 370 g/mol. The highest BCUT2D eigenvalue weighted by Crippen LogP contribution is 2.41. The number of hydrogen-bond acceptors (Lipinski definition) is 8. The van der Waals surface area contributed by atoms with Crippen LogP contribution in [0, 0.1) is 0 Å². The highest BCUT2D eigenvalue weighted by molar-refractivity contribution is 7.13. The highest BCUT2D eigenvalue weighted by atomic mass is 32.1. The molecule has 1 saturated heterocycles. The molecule has 3 aromatic rings. The van der Waals surface area contributed by atoms with Crippen LogP contribution < -0.4 is 9.64 Å². The molecule has 0 radical (unpaired) electrons. The van der Waals surface area contributed by atoms with Crippen LogP contribution in [0.3, 0.4) is 0 Å². The Balaban J connectivity index is 1.92. The van der Waals surface area contributed by atoms with Crippen molar-refractivity contribution >= 4 is 33.9 Å². The smallest absolute Gasteiger partial charge is 0.302 e. The summed E-state index contributed by atoms with van der Waals surface area (Å²) in [5.74, 6) is -1.41. The van der Waals surface area contributed by atoms with Crippen LogP contribution in [0.4, 0.5) is 5.13 Å². The Labute approximate surface area is 157 Å². The maximum atomic E-state index is 12.8. The summed E-state index contributed by atoms with van der Waals surface area (Å²) in [5, 5.41) is 18.8. The second-order valence-corrected chi connectivity index (χ2v) is 6.44. The van der Waals surface area contributed by atoms with Crippen molar-refractivity contribution in [3.63, 3.8) is 0 Å². The Morgan fingerprint density at radius 1 is 1.37 bits per heavy atom. The molecule has 136 valence electrons. The number of ether oxygens (including phenoxy) is 1. The molecule has 1 aromatic carbocycles. The molecule has 1 fully saturated rings. The molecule has 2 N–H and O–H groups in total. The second kappa shape index (κ2) is 6.65. The van der Waals surface area contributed by atoms with Gasteiger partial charge in [-0.15, -0.1) is 10.2 Å². The van der Waals surface area contributed by atoms with Crippen molar-refractivity contribution in [2.45, 2.75) is 6.04 Å². The monoisotopic (exact) mass is 383 g/mol. The van der Waals surface area contributed by atoms with Gasteiger partial charge in [-0.3, -0.25) is 14.5 Å². The van der Waals surface area contributed by atoms with E-state index in [-0.39, 0.29) is 16.5 Å². The van der Waals surface area contributed by atoms with Crippen molar-refractivity contribution in [3.05, 3.63) is 59.1 Å². The molecule has 1 unspecified atom stereocenters. The number of aliphatic hydroxyl groups excluding tert-OH is 1. The first-order valence-electron chi connectivity index (χ1n) is 7.81. The van der Waals surface area contributed by atoms with E-state index in [0.29, 0.717) is 17.0 Å². The number of rotatable bonds is 4. The number of ketones is 1. The maximum Gasteiger partial charge on any atom is 0.302 e. The van der Waals surface area contributed by atoms with Crippen molar-refractivity contribution < 1.29 is 19.4 Å². The third-order valence-corrected chi connectivity index (χ3v) is 4.85. The van der Waals surface area contributed by atoms with Crippen LogP contribution in [-0.4, -0.2) is 44.1 Å². The largest absolute Gasteiger partial charge is 0.507 e. The van der Waals surface area contributed by atoms with E-state index in [1.165, 1.54) is 30.0 Å². The molecule has 0 bridgehead atoms. The van der Waals surface area contributed by atoms with Gasteiger partial charge >= 0.3 is 5.91 Å². The van der Waals surface area contributed by atoms with Crippen LogP contribution in [-0.2, 0) is 9.59 Å². The SMILES string of the molecule is COc1cccc(/C(O)=C2\C(=O)C(=O)N(c3nncs3)C2c2cnc[nH]2)c1. The Kier molecular flexibility index (Phi) is 4.16. The van der Waals surface area contributed by atoms with Crippen molar-refractivity contribution in [2.75, 3.05) is 12.0 Å². The zero-order valence-electron chi connectivity index (χ0n) is 14.0. The van der Waals surface area contributed by atoms with E-state index in [1.54, 1.807) is 24.3 Å². The topological polar surface area (TPSA) is 121 Å². The van der Waals surface area contributed by atoms with Gasteiger partial charge in [0.25, 0.3) is 5.78 Å². The van der Waals surface area contributed by atoms with E-state index in [0.717, 1.165) is 11.3 Å². The average molecular weight is 383 g/mol. The number of methoxy groups -OCH3 is 1. The van der Waals surface area contributed by atoms with E-state index < -0.39 is 17.7 Å². The van der Waals surface area contributed by atoms with Gasteiger partial charge in [0.05, 0.1) is 30.9 Å². The number of amides is 1. The fourth-order valence-corrected chi connectivity index (χ4v) is 3.52. The lowest BCUT2D eigenvalue weighted by Gasteiger charge is -2.20. The number of hydrogen-bond donors (Lipinski definition) is 2. The maximum absolute atomic E-state index is 12.8. The van der Waals surface area contributed by atoms with E-state index in [1.807, 2.05) is 0 Å². The first-order valence-corrected chi connectivity index (χ1v) is 8.69. The summed E-state index contributed by atoms with van der Waals surface area (Å²) in [7, 11) is 1.50. The molecule has 0 spiro atoms. The number of benzene rings is 1. The number of H-pyrrole nitrogens is 1. The quantitative estimate of drug-likeness (QED) is 0.401. The number of carbonyl (C=O) groups is 2. The molecule has 1 aliphatic heterocycles. The first kappa shape index (κ1) is 16.9. The standard InChI is InChI=1S/C17H13N5O4S/c1-26-10-4-2-3-9(5-10)14(23)12-13(11-6-18-7-19-11)22(16(25)15(12)24)17-21-20-8-27-17/h2-8,13,23H,1H3,(H,18,19)/b14-12+. The van der Waals surface area contributed by atoms with E-state index in [4.69, 9.17) is 4.74 Å². The summed E-state index contributed by atoms with van der Waals surface area (Å²) < 4.78 is 5.17. The van der Waals surface area contributed by atoms with E-state index in [9.17, 15) is 14.7 Å². The molecule has 1 atom stereocenters. The van der Waals surface area contributed by atoms with E-state index >= 15 is 0 Å². The minimum absolute atomic E-state index is 0.0623. The number of anilines is 1. The lowest BCUT2D eigenvalue weighted by molar-refractivity contribution is -0.132. The molecule has 10 heteroatoms. The average Bonchev–Trinajstić information content (AvgIpc) is 3.43. The van der Waals surface area contributed by atoms with Gasteiger partial charge in [0, 0.05) is 5.56 Å². The van der Waals surface area contributed by atoms with Crippen molar-refractivity contribution in [2.24, 2.45) is 0 Å². The molecule has 0 aliphatic carbocycles. The summed E-state index contributed by atoms with van der Waals surface area (Å²) in [6.07, 6.45) is 2.92. The molecule has 9 nitrogen and oxygen atoms in total. The normalized spacial score (nSPS) is 18.9. The zero-order chi connectivity index (χ0) is 19.0. The highest BCUT2D eigenvalue weighted by Gasteiger charge is 2.48. The van der Waals surface area contributed by atoms with Crippen LogP contribution in [0.2, 0.25) is 0 Å². The van der Waals surface area contributed by atoms with Crippen molar-refractivity contribution in [3.8, 4) is 5.75 Å². The number of Topliss-reactive ketones (excluding diaryl/α,β-unsaturated/α-hetero) is 1. The van der Waals surface area contributed by atoms with Crippen LogP contribution in [0.5, 0.6) is 5.75 Å². The first-order chi connectivity index (χ1) is 13.1. The summed E-state index contributed by atoms with van der Waals surface area (Å²) in [6, 6.07) is 5.70. The molecule has 27 heavy (non-hydrogen) atoms. The lowest BCUT2D eigenvalue weighted by atomic mass is 9.99. The molecule has 2 aromatic heterocycles. The van der Waals surface area contributed by atoms with Gasteiger partial charge < -0.3 is 14.8 Å². The van der Waals surface area contributed by atoms with Gasteiger partial charge in [-0.1, -0.05) is 23.5 Å². The van der Waals surface area contributed by atoms with E-state index in [2.05, 4.69) is 20.2 Å². The summed E-state index contributed by atoms with van der Waals surface area (Å²) in [4.78, 5) is 33.5. The number of nitrogens with zero attached hydrogens (tertiary/aromatic N) is 4. The van der Waals surface area contributed by atoms with Crippen LogP contribution in [0.1, 0.15) is 17.3 Å². The summed E-state index contributed by atoms with van der Waals surface area (Å²) in [6.45, 7) is 0. The molecule has 3 heterocycles. The Hall–Kier alpha value is -3.53. The lowest BCUT2D eigenvalue weighted by Crippen LogP contribution is -2.29. The molecule has 1 aliphatic rings. The predicted molar refractivity (Wildman–Crippen MR) is 96.3 cm³/mol. The summed E-state index contributed by atoms with van der Waals surface area (Å²) >= 11 is 1.11. The van der Waals surface area contributed by atoms with Crippen LogP contribution in [0.25, 0.3) is 5.76 Å². The van der Waals surface area contributed by atoms with Crippen LogP contribution >= 0.6 is 11.3 Å². The third kappa shape index (κ3) is 2.75. The van der Waals surface area contributed by atoms with Crippen molar-refractivity contribution in [1.29, 1.82) is 0 Å². The molecule has 0 saturated carbocycles. The predicted octanol–water partition coefficient (Wildman–Crippen LogP) is 1.90. The number of carbonyl (C=O) groups excluding carboxylic acids is 2. The Bertz CT molecular complexity index is 1030. The van der Waals surface area contributed by atoms with Crippen LogP contribution in [0.15, 0.2) is 47.9 Å². The minimum atomic E-state index is -0.897. The fraction of sp³-hybridized carbons (Fsp3) is 0.118. The Morgan fingerprint density at radius 2 is 2.22 bits per heavy atom. The number of aliphatic hydroxyl groups is 1. The molecular formula is C17H13N5O4S. The molecule has 1 amide bonds. The number of nitrogens with one attached hydrogen (secondary N) is 1. The van der Waals surface area contributed by atoms with Crippen molar-refractivity contribution in [1.82, 2.24) is 20.2 Å². The summed E-state index contributed by atoms with van der Waals surface area (Å²) in [5.41, 5.74) is 2.22. The van der Waals surface area contributed by atoms with Gasteiger partial charge in [0.1, 0.15) is 23.1 Å². The van der Waals surface area contributed by atoms with Gasteiger partial charge in [0.15, 0.2) is 0 Å². The zero-order valence-corrected chi connectivity index (χ0v) is 14.8. The van der Waals surface area contributed by atoms with Gasteiger partial charge in [0.2, 0.25) is 5.13 Å². The van der Waals surface area contributed by atoms with Gasteiger partial charge in [-0.05, 0) is 12.1 Å². The second-order valence-electron chi connectivity index (χ2n) is 5.63. The van der Waals surface area contributed by atoms with Gasteiger partial charge in [-0.2, -0.15) is 0 Å². The minimum Gasteiger partial charge on any atom is -0.507 e. The number of aromatic amines is 1. The van der Waals surface area contributed by atoms with Gasteiger partial charge in [-0.25, -0.2) is 4.98 Å². The molecule has 4 rings (SSSR count). The number of aromatic nitrogens is 4. The fourth-order valence-electron chi connectivity index (χ4n) is 2.94. The Morgan fingerprint density at radius 3 is 2.89 bits per heavy atom. The third-order valence-electron chi connectivity index (χ3n) is 4.16. The number of imidazole rings is 1.